The fraction of sp³-hybridized carbons (Fsp3) is 1.00. The van der Waals surface area contributed by atoms with E-state index in [4.69, 9.17) is 19.6 Å². The van der Waals surface area contributed by atoms with Gasteiger partial charge in [-0.1, -0.05) is 0 Å². The maximum absolute atomic E-state index is 10.2. The van der Waals surface area contributed by atoms with Gasteiger partial charge in [0, 0.05) is 6.42 Å². The number of hydrogen-bond donors (Lipinski definition) is 3. The lowest BCUT2D eigenvalue weighted by Crippen LogP contribution is -2.13. The van der Waals surface area contributed by atoms with E-state index in [9.17, 15) is 4.57 Å². The van der Waals surface area contributed by atoms with E-state index < -0.39 is 20.0 Å². The largest absolute Gasteiger partial charge is 0.469 e. The summed E-state index contributed by atoms with van der Waals surface area (Å²) in [6.07, 6.45) is -0.594. The van der Waals surface area contributed by atoms with Crippen LogP contribution < -0.4 is 0 Å². The summed E-state index contributed by atoms with van der Waals surface area (Å²) in [6.45, 7) is 0.0243. The molecule has 0 spiro atoms. The van der Waals surface area contributed by atoms with E-state index in [1.54, 1.807) is 0 Å². The highest BCUT2D eigenvalue weighted by molar-refractivity contribution is 7.46. The molecule has 1 fully saturated rings. The molecule has 3 N–H and O–H groups in total. The summed E-state index contributed by atoms with van der Waals surface area (Å²) in [7, 11) is -4.40. The van der Waals surface area contributed by atoms with Crippen LogP contribution in [-0.2, 0) is 13.8 Å². The quantitative estimate of drug-likeness (QED) is 0.516. The molecule has 1 rings (SSSR count). The van der Waals surface area contributed by atoms with Crippen molar-refractivity contribution < 1.29 is 28.7 Å². The Morgan fingerprint density at radius 3 is 2.67 bits per heavy atom. The van der Waals surface area contributed by atoms with Crippen molar-refractivity contribution in [3.05, 3.63) is 0 Å². The van der Waals surface area contributed by atoms with Gasteiger partial charge in [-0.05, 0) is 0 Å². The standard InChI is InChI=1S/C5H11O6P/c6-4-1-5(10-2-4)3-11-12(7,8)9/h4-6H,1-3H2,(H2,7,8,9)/t4?,5-/m0/s1. The summed E-state index contributed by atoms with van der Waals surface area (Å²) in [5.74, 6) is 0. The molecule has 12 heavy (non-hydrogen) atoms. The van der Waals surface area contributed by atoms with Gasteiger partial charge in [0.2, 0.25) is 0 Å². The zero-order valence-electron chi connectivity index (χ0n) is 6.29. The molecule has 0 aromatic rings. The smallest absolute Gasteiger partial charge is 0.391 e. The molecule has 1 saturated heterocycles. The second-order valence-corrected chi connectivity index (χ2v) is 3.87. The van der Waals surface area contributed by atoms with Gasteiger partial charge in [0.15, 0.2) is 0 Å². The zero-order valence-corrected chi connectivity index (χ0v) is 7.18. The van der Waals surface area contributed by atoms with E-state index in [1.165, 1.54) is 0 Å². The van der Waals surface area contributed by atoms with Crippen LogP contribution in [0.2, 0.25) is 0 Å². The molecule has 2 atom stereocenters. The van der Waals surface area contributed by atoms with Crippen LogP contribution in [0.3, 0.4) is 0 Å². The van der Waals surface area contributed by atoms with Crippen molar-refractivity contribution in [3.63, 3.8) is 0 Å². The number of phosphoric ester groups is 1. The van der Waals surface area contributed by atoms with Crippen molar-refractivity contribution in [1.29, 1.82) is 0 Å². The zero-order chi connectivity index (χ0) is 9.19. The fourth-order valence-corrected chi connectivity index (χ4v) is 1.34. The van der Waals surface area contributed by atoms with E-state index in [2.05, 4.69) is 4.52 Å². The van der Waals surface area contributed by atoms with Crippen molar-refractivity contribution in [3.8, 4) is 0 Å². The third-order valence-electron chi connectivity index (χ3n) is 1.49. The highest BCUT2D eigenvalue weighted by Gasteiger charge is 2.26. The van der Waals surface area contributed by atoms with Crippen LogP contribution >= 0.6 is 7.82 Å². The van der Waals surface area contributed by atoms with E-state index in [0.29, 0.717) is 6.42 Å². The second-order valence-electron chi connectivity index (χ2n) is 2.63. The topological polar surface area (TPSA) is 96.2 Å². The summed E-state index contributed by atoms with van der Waals surface area (Å²) in [5.41, 5.74) is 0. The summed E-state index contributed by atoms with van der Waals surface area (Å²) in [6, 6.07) is 0. The normalized spacial score (nSPS) is 30.9. The van der Waals surface area contributed by atoms with Gasteiger partial charge in [0.05, 0.1) is 25.4 Å². The molecule has 0 saturated carbocycles. The van der Waals surface area contributed by atoms with Crippen molar-refractivity contribution >= 4 is 7.82 Å². The van der Waals surface area contributed by atoms with Crippen molar-refractivity contribution in [2.75, 3.05) is 13.2 Å². The minimum absolute atomic E-state index is 0.179. The highest BCUT2D eigenvalue weighted by Crippen LogP contribution is 2.36. The number of aliphatic hydroxyl groups is 1. The summed E-state index contributed by atoms with van der Waals surface area (Å²) in [4.78, 5) is 16.6. The molecule has 0 radical (unpaired) electrons. The van der Waals surface area contributed by atoms with Crippen molar-refractivity contribution in [2.45, 2.75) is 18.6 Å². The molecule has 0 amide bonds. The third-order valence-corrected chi connectivity index (χ3v) is 1.97. The van der Waals surface area contributed by atoms with E-state index >= 15 is 0 Å². The summed E-state index contributed by atoms with van der Waals surface area (Å²) in [5, 5.41) is 8.95. The van der Waals surface area contributed by atoms with Crippen LogP contribution in [0, 0.1) is 0 Å². The molecule has 1 heterocycles. The Labute approximate surface area is 69.4 Å². The Hall–Kier alpha value is 0.0300. The number of hydrogen-bond acceptors (Lipinski definition) is 4. The lowest BCUT2D eigenvalue weighted by Gasteiger charge is -2.09. The van der Waals surface area contributed by atoms with Crippen LogP contribution in [0.4, 0.5) is 0 Å². The fourth-order valence-electron chi connectivity index (χ4n) is 0.983. The summed E-state index contributed by atoms with van der Waals surface area (Å²) < 4.78 is 19.4. The van der Waals surface area contributed by atoms with E-state index in [1.807, 2.05) is 0 Å². The molecule has 0 aromatic heterocycles. The first kappa shape index (κ1) is 10.1. The third kappa shape index (κ3) is 3.62. The van der Waals surface area contributed by atoms with Gasteiger partial charge in [0.1, 0.15) is 0 Å². The molecular weight excluding hydrogens is 187 g/mol. The van der Waals surface area contributed by atoms with Gasteiger partial charge in [0.25, 0.3) is 0 Å². The second kappa shape index (κ2) is 3.83. The summed E-state index contributed by atoms with van der Waals surface area (Å²) >= 11 is 0. The molecule has 6 nitrogen and oxygen atoms in total. The Morgan fingerprint density at radius 1 is 1.58 bits per heavy atom. The van der Waals surface area contributed by atoms with Crippen LogP contribution in [0.1, 0.15) is 6.42 Å². The maximum atomic E-state index is 10.2. The SMILES string of the molecule is O=P(O)(O)OC[C@@H]1CC(O)CO1. The number of rotatable bonds is 3. The van der Waals surface area contributed by atoms with Crippen LogP contribution in [-0.4, -0.2) is 40.3 Å². The first-order valence-electron chi connectivity index (χ1n) is 3.47. The average Bonchev–Trinajstić information content (AvgIpc) is 2.30. The molecule has 72 valence electrons. The Kier molecular flexibility index (Phi) is 3.22. The lowest BCUT2D eigenvalue weighted by atomic mass is 10.2. The van der Waals surface area contributed by atoms with Gasteiger partial charge in [-0.15, -0.1) is 0 Å². The average molecular weight is 198 g/mol. The van der Waals surface area contributed by atoms with E-state index in [-0.39, 0.29) is 13.2 Å². The van der Waals surface area contributed by atoms with Crippen molar-refractivity contribution in [1.82, 2.24) is 0 Å². The number of aliphatic hydroxyl groups excluding tert-OH is 1. The molecule has 0 aliphatic carbocycles. The van der Waals surface area contributed by atoms with E-state index in [0.717, 1.165) is 0 Å². The van der Waals surface area contributed by atoms with Gasteiger partial charge in [-0.3, -0.25) is 4.52 Å². The molecular formula is C5H11O6P. The van der Waals surface area contributed by atoms with Crippen LogP contribution in [0.5, 0.6) is 0 Å². The van der Waals surface area contributed by atoms with Gasteiger partial charge < -0.3 is 19.6 Å². The predicted molar refractivity (Wildman–Crippen MR) is 38.4 cm³/mol. The molecule has 0 aromatic carbocycles. The highest BCUT2D eigenvalue weighted by atomic mass is 31.2. The van der Waals surface area contributed by atoms with Crippen LogP contribution in [0.25, 0.3) is 0 Å². The minimum Gasteiger partial charge on any atom is -0.391 e. The monoisotopic (exact) mass is 198 g/mol. The first-order chi connectivity index (χ1) is 5.47. The van der Waals surface area contributed by atoms with Crippen LogP contribution in [0.15, 0.2) is 0 Å². The molecule has 1 unspecified atom stereocenters. The Morgan fingerprint density at radius 2 is 2.25 bits per heavy atom. The number of ether oxygens (including phenoxy) is 1. The Bertz CT molecular complexity index is 188. The number of phosphoric acid groups is 1. The lowest BCUT2D eigenvalue weighted by molar-refractivity contribution is 0.0485. The molecule has 0 bridgehead atoms. The predicted octanol–water partition coefficient (Wildman–Crippen LogP) is -0.755. The first-order valence-corrected chi connectivity index (χ1v) is 5.00. The molecule has 1 aliphatic rings. The van der Waals surface area contributed by atoms with Crippen molar-refractivity contribution in [2.24, 2.45) is 0 Å². The minimum atomic E-state index is -4.40. The van der Waals surface area contributed by atoms with Gasteiger partial charge in [-0.2, -0.15) is 0 Å². The molecule has 7 heteroatoms. The molecule has 1 aliphatic heterocycles. The maximum Gasteiger partial charge on any atom is 0.469 e. The van der Waals surface area contributed by atoms with Gasteiger partial charge >= 0.3 is 7.82 Å². The van der Waals surface area contributed by atoms with Gasteiger partial charge in [-0.25, -0.2) is 4.57 Å². The Balaban J connectivity index is 2.21.